The van der Waals surface area contributed by atoms with Gasteiger partial charge in [0.2, 0.25) is 11.9 Å². The van der Waals surface area contributed by atoms with Gasteiger partial charge >= 0.3 is 0 Å². The number of anilines is 2. The number of amides is 2. The molecule has 4 heterocycles. The standard InChI is InChI=1S/C34H36N8O2/c1-20(2)31(38-34(35-5)37-30-17-21(3)40(6)39-30)27-18-36-32-25(27)10-8-12-29(32)42-19-28-24(9-7-11-26(28)33(42)44)23-13-15-41(16-14-23)22(4)43/h7-13,17-18,36H,5,14-16,19H2,1-4,6H3,(H,37,38,39). The van der Waals surface area contributed by atoms with E-state index in [-0.39, 0.29) is 11.8 Å². The largest absolute Gasteiger partial charge is 0.359 e. The molecule has 0 bridgehead atoms. The van der Waals surface area contributed by atoms with Crippen LogP contribution >= 0.6 is 0 Å². The molecule has 10 nitrogen and oxygen atoms in total. The zero-order valence-corrected chi connectivity index (χ0v) is 25.7. The van der Waals surface area contributed by atoms with Crippen molar-refractivity contribution in [3.05, 3.63) is 88.3 Å². The van der Waals surface area contributed by atoms with E-state index in [4.69, 9.17) is 4.99 Å². The van der Waals surface area contributed by atoms with Crippen molar-refractivity contribution >= 4 is 58.2 Å². The molecular formula is C34H36N8O2. The molecule has 0 aliphatic carbocycles. The summed E-state index contributed by atoms with van der Waals surface area (Å²) in [6.07, 6.45) is 4.81. The summed E-state index contributed by atoms with van der Waals surface area (Å²) >= 11 is 0. The minimum absolute atomic E-state index is 0.0271. The maximum atomic E-state index is 13.8. The minimum atomic E-state index is -0.0271. The van der Waals surface area contributed by atoms with Crippen LogP contribution < -0.4 is 10.2 Å². The lowest BCUT2D eigenvalue weighted by Gasteiger charge is -2.26. The van der Waals surface area contributed by atoms with Gasteiger partial charge in [-0.1, -0.05) is 30.3 Å². The van der Waals surface area contributed by atoms with Gasteiger partial charge in [0.1, 0.15) is 0 Å². The highest BCUT2D eigenvalue weighted by atomic mass is 16.2. The number of allylic oxidation sites excluding steroid dienone is 1. The number of aromatic amines is 1. The van der Waals surface area contributed by atoms with E-state index in [0.29, 0.717) is 37.0 Å². The van der Waals surface area contributed by atoms with Crippen LogP contribution in [0.5, 0.6) is 0 Å². The van der Waals surface area contributed by atoms with Crippen molar-refractivity contribution in [2.24, 2.45) is 17.0 Å². The Bertz CT molecular complexity index is 1900. The van der Waals surface area contributed by atoms with Crippen LogP contribution in [0.3, 0.4) is 0 Å². The van der Waals surface area contributed by atoms with Crippen LogP contribution in [-0.4, -0.2) is 57.2 Å². The number of aromatic nitrogens is 3. The first kappa shape index (κ1) is 28.9. The highest BCUT2D eigenvalue weighted by Crippen LogP contribution is 2.39. The third-order valence-corrected chi connectivity index (χ3v) is 8.40. The van der Waals surface area contributed by atoms with Crippen molar-refractivity contribution < 1.29 is 9.59 Å². The molecule has 2 aromatic heterocycles. The van der Waals surface area contributed by atoms with Gasteiger partial charge in [0.15, 0.2) is 5.82 Å². The quantitative estimate of drug-likeness (QED) is 0.223. The number of carbonyl (C=O) groups excluding carboxylic acids is 2. The van der Waals surface area contributed by atoms with Gasteiger partial charge in [-0.05, 0) is 68.3 Å². The summed E-state index contributed by atoms with van der Waals surface area (Å²) in [5.41, 5.74) is 9.32. The lowest BCUT2D eigenvalue weighted by molar-refractivity contribution is -0.128. The van der Waals surface area contributed by atoms with Gasteiger partial charge in [0.25, 0.3) is 5.91 Å². The Morgan fingerprint density at radius 2 is 1.89 bits per heavy atom. The van der Waals surface area contributed by atoms with Crippen molar-refractivity contribution in [3.63, 3.8) is 0 Å². The van der Waals surface area contributed by atoms with Crippen LogP contribution in [0.15, 0.2) is 70.3 Å². The topological polar surface area (TPSA) is 111 Å². The van der Waals surface area contributed by atoms with Crippen molar-refractivity contribution in [2.45, 2.75) is 40.7 Å². The van der Waals surface area contributed by atoms with E-state index >= 15 is 0 Å². The fraction of sp³-hybridized carbons (Fsp3) is 0.265. The first-order chi connectivity index (χ1) is 21.2. The Kier molecular flexibility index (Phi) is 7.50. The molecule has 0 atom stereocenters. The second-order valence-corrected chi connectivity index (χ2v) is 11.4. The van der Waals surface area contributed by atoms with Crippen LogP contribution in [0.4, 0.5) is 11.5 Å². The number of nitrogens with one attached hydrogen (secondary N) is 2. The maximum absolute atomic E-state index is 13.8. The molecule has 0 spiro atoms. The van der Waals surface area contributed by atoms with Gasteiger partial charge in [-0.15, -0.1) is 0 Å². The first-order valence-corrected chi connectivity index (χ1v) is 14.7. The number of aliphatic imine (C=N–C) groups is 2. The number of H-pyrrole nitrogens is 1. The molecular weight excluding hydrogens is 552 g/mol. The molecule has 0 unspecified atom stereocenters. The summed E-state index contributed by atoms with van der Waals surface area (Å²) in [6.45, 7) is 13.0. The number of fused-ring (bicyclic) bond motifs is 2. The molecule has 2 aliphatic rings. The number of benzene rings is 2. The fourth-order valence-corrected chi connectivity index (χ4v) is 5.97. The average molecular weight is 589 g/mol. The van der Waals surface area contributed by atoms with Crippen LogP contribution in [0.25, 0.3) is 22.2 Å². The first-order valence-electron chi connectivity index (χ1n) is 14.7. The van der Waals surface area contributed by atoms with E-state index < -0.39 is 0 Å². The van der Waals surface area contributed by atoms with Crippen molar-refractivity contribution in [1.82, 2.24) is 19.7 Å². The zero-order valence-electron chi connectivity index (χ0n) is 25.7. The fourth-order valence-electron chi connectivity index (χ4n) is 5.97. The zero-order chi connectivity index (χ0) is 31.1. The third kappa shape index (κ3) is 5.12. The summed E-state index contributed by atoms with van der Waals surface area (Å²) in [7, 11) is 1.88. The Hall–Kier alpha value is -5.25. The number of nitrogens with zero attached hydrogens (tertiary/aromatic N) is 6. The molecule has 2 aromatic carbocycles. The number of carbonyl (C=O) groups is 2. The van der Waals surface area contributed by atoms with Crippen LogP contribution in [-0.2, 0) is 18.4 Å². The van der Waals surface area contributed by atoms with E-state index in [9.17, 15) is 9.59 Å². The summed E-state index contributed by atoms with van der Waals surface area (Å²) in [5.74, 6) is 1.03. The van der Waals surface area contributed by atoms with Gasteiger partial charge in [-0.25, -0.2) is 9.98 Å². The van der Waals surface area contributed by atoms with Crippen molar-refractivity contribution in [3.8, 4) is 0 Å². The van der Waals surface area contributed by atoms with Crippen LogP contribution in [0, 0.1) is 6.92 Å². The highest BCUT2D eigenvalue weighted by Gasteiger charge is 2.33. The number of hydrogen-bond donors (Lipinski definition) is 2. The molecule has 224 valence electrons. The Morgan fingerprint density at radius 1 is 1.11 bits per heavy atom. The Labute approximate surface area is 256 Å². The maximum Gasteiger partial charge on any atom is 0.259 e. The number of para-hydroxylation sites is 1. The summed E-state index contributed by atoms with van der Waals surface area (Å²) in [6, 6.07) is 13.8. The molecule has 10 heteroatoms. The smallest absolute Gasteiger partial charge is 0.259 e. The second kappa shape index (κ2) is 11.4. The van der Waals surface area contributed by atoms with Crippen LogP contribution in [0.1, 0.15) is 59.9 Å². The number of guanidine groups is 1. The number of aryl methyl sites for hydroxylation is 2. The molecule has 0 fully saturated rings. The molecule has 0 radical (unpaired) electrons. The predicted molar refractivity (Wildman–Crippen MR) is 177 cm³/mol. The molecule has 2 amide bonds. The summed E-state index contributed by atoms with van der Waals surface area (Å²) in [4.78, 5) is 41.7. The average Bonchev–Trinajstić information content (AvgIpc) is 3.69. The lowest BCUT2D eigenvalue weighted by atomic mass is 9.93. The molecule has 44 heavy (non-hydrogen) atoms. The summed E-state index contributed by atoms with van der Waals surface area (Å²) in [5, 5.41) is 8.56. The second-order valence-electron chi connectivity index (χ2n) is 11.4. The van der Waals surface area contributed by atoms with Gasteiger partial charge in [-0.3, -0.25) is 14.3 Å². The van der Waals surface area contributed by atoms with E-state index in [2.05, 4.69) is 39.3 Å². The third-order valence-electron chi connectivity index (χ3n) is 8.40. The highest BCUT2D eigenvalue weighted by molar-refractivity contribution is 6.15. The Balaban J connectivity index is 1.34. The van der Waals surface area contributed by atoms with Gasteiger partial charge < -0.3 is 20.1 Å². The number of rotatable bonds is 5. The van der Waals surface area contributed by atoms with Crippen molar-refractivity contribution in [1.29, 1.82) is 0 Å². The van der Waals surface area contributed by atoms with Gasteiger partial charge in [-0.2, -0.15) is 5.10 Å². The van der Waals surface area contributed by atoms with E-state index in [1.165, 1.54) is 5.57 Å². The predicted octanol–water partition coefficient (Wildman–Crippen LogP) is 5.93. The summed E-state index contributed by atoms with van der Waals surface area (Å²) < 4.78 is 1.78. The normalized spacial score (nSPS) is 15.0. The van der Waals surface area contributed by atoms with Gasteiger partial charge in [0.05, 0.1) is 23.4 Å². The van der Waals surface area contributed by atoms with E-state index in [0.717, 1.165) is 56.7 Å². The molecule has 2 N–H and O–H groups in total. The molecule has 0 saturated carbocycles. The monoisotopic (exact) mass is 588 g/mol. The molecule has 6 rings (SSSR count). The van der Waals surface area contributed by atoms with Crippen molar-refractivity contribution in [2.75, 3.05) is 23.3 Å². The number of hydrogen-bond acceptors (Lipinski definition) is 4. The Morgan fingerprint density at radius 3 is 2.55 bits per heavy atom. The minimum Gasteiger partial charge on any atom is -0.359 e. The van der Waals surface area contributed by atoms with Crippen LogP contribution in [0.2, 0.25) is 0 Å². The molecule has 0 saturated heterocycles. The van der Waals surface area contributed by atoms with E-state index in [1.807, 2.05) is 80.2 Å². The SMILES string of the molecule is C=N/C(=N\C(=C(C)C)c1c[nH]c2c(N3Cc4c(cccc4C4=CCN(C(C)=O)CC4)C3=O)cccc12)Nc1cc(C)n(C)n1. The lowest BCUT2D eigenvalue weighted by Crippen LogP contribution is -2.32. The van der Waals surface area contributed by atoms with Gasteiger partial charge in [0, 0.05) is 61.5 Å². The molecule has 2 aliphatic heterocycles. The molecule has 4 aromatic rings. The van der Waals surface area contributed by atoms with E-state index in [1.54, 1.807) is 11.6 Å².